The van der Waals surface area contributed by atoms with Crippen LogP contribution in [-0.4, -0.2) is 51.8 Å². The van der Waals surface area contributed by atoms with Crippen molar-refractivity contribution in [1.82, 2.24) is 25.0 Å². The van der Waals surface area contributed by atoms with E-state index in [1.165, 1.54) is 11.3 Å². The Labute approximate surface area is 127 Å². The van der Waals surface area contributed by atoms with Gasteiger partial charge in [-0.15, -0.1) is 11.3 Å². The number of carbonyl (C=O) groups excluding carboxylic acids is 1. The van der Waals surface area contributed by atoms with Crippen LogP contribution in [0, 0.1) is 0 Å². The summed E-state index contributed by atoms with van der Waals surface area (Å²) in [6.07, 6.45) is 5.84. The molecule has 21 heavy (non-hydrogen) atoms. The third-order valence-electron chi connectivity index (χ3n) is 3.79. The lowest BCUT2D eigenvalue weighted by Gasteiger charge is -2.32. The van der Waals surface area contributed by atoms with Crippen molar-refractivity contribution in [2.45, 2.75) is 18.9 Å². The molecule has 0 spiro atoms. The van der Waals surface area contributed by atoms with E-state index in [1.807, 2.05) is 30.6 Å². The van der Waals surface area contributed by atoms with E-state index < -0.39 is 0 Å². The van der Waals surface area contributed by atoms with Crippen molar-refractivity contribution in [3.05, 3.63) is 23.5 Å². The summed E-state index contributed by atoms with van der Waals surface area (Å²) >= 11 is 1.49. The number of hydrogen-bond acceptors (Lipinski definition) is 5. The second kappa shape index (κ2) is 5.95. The van der Waals surface area contributed by atoms with Crippen LogP contribution in [0.2, 0.25) is 0 Å². The van der Waals surface area contributed by atoms with Gasteiger partial charge in [-0.2, -0.15) is 5.10 Å². The Morgan fingerprint density at radius 3 is 3.10 bits per heavy atom. The van der Waals surface area contributed by atoms with E-state index in [9.17, 15) is 4.79 Å². The summed E-state index contributed by atoms with van der Waals surface area (Å²) in [6.45, 7) is 1.58. The Balaban J connectivity index is 1.75. The monoisotopic (exact) mass is 305 g/mol. The Morgan fingerprint density at radius 1 is 1.52 bits per heavy atom. The number of carbonyl (C=O) groups is 1. The molecule has 0 aromatic carbocycles. The van der Waals surface area contributed by atoms with Gasteiger partial charge in [-0.3, -0.25) is 9.48 Å². The lowest BCUT2D eigenvalue weighted by molar-refractivity contribution is 0.0693. The molecule has 0 radical (unpaired) electrons. The van der Waals surface area contributed by atoms with Gasteiger partial charge in [0.15, 0.2) is 0 Å². The van der Waals surface area contributed by atoms with Crippen LogP contribution in [0.15, 0.2) is 17.8 Å². The highest BCUT2D eigenvalue weighted by Crippen LogP contribution is 2.24. The number of nitrogens with one attached hydrogen (secondary N) is 1. The first-order valence-corrected chi connectivity index (χ1v) is 7.96. The van der Waals surface area contributed by atoms with Crippen molar-refractivity contribution >= 4 is 17.2 Å². The standard InChI is InChI=1S/C14H19N5OS/c1-15-11-4-3-5-19(8-11)14(20)12-9-21-13(17-12)10-6-16-18(2)7-10/h6-7,9,11,15H,3-5,8H2,1-2H3. The first-order chi connectivity index (χ1) is 10.2. The Kier molecular flexibility index (Phi) is 4.03. The molecule has 1 amide bonds. The Morgan fingerprint density at radius 2 is 2.38 bits per heavy atom. The van der Waals surface area contributed by atoms with Crippen molar-refractivity contribution in [1.29, 1.82) is 0 Å². The molecule has 0 aliphatic carbocycles. The van der Waals surface area contributed by atoms with Gasteiger partial charge in [0.2, 0.25) is 0 Å². The molecule has 7 heteroatoms. The van der Waals surface area contributed by atoms with Crippen molar-refractivity contribution in [3.63, 3.8) is 0 Å². The zero-order valence-electron chi connectivity index (χ0n) is 12.2. The highest BCUT2D eigenvalue weighted by atomic mass is 32.1. The maximum Gasteiger partial charge on any atom is 0.273 e. The largest absolute Gasteiger partial charge is 0.336 e. The maximum absolute atomic E-state index is 12.5. The smallest absolute Gasteiger partial charge is 0.273 e. The molecule has 3 rings (SSSR count). The molecular formula is C14H19N5OS. The van der Waals surface area contributed by atoms with E-state index in [4.69, 9.17) is 0 Å². The third-order valence-corrected chi connectivity index (χ3v) is 4.68. The predicted molar refractivity (Wildman–Crippen MR) is 82.3 cm³/mol. The van der Waals surface area contributed by atoms with Crippen LogP contribution >= 0.6 is 11.3 Å². The first kappa shape index (κ1) is 14.2. The van der Waals surface area contributed by atoms with Gasteiger partial charge in [0.25, 0.3) is 5.91 Å². The molecule has 112 valence electrons. The minimum atomic E-state index is 0.0290. The number of piperidine rings is 1. The summed E-state index contributed by atoms with van der Waals surface area (Å²) in [7, 11) is 3.82. The minimum absolute atomic E-state index is 0.0290. The van der Waals surface area contributed by atoms with Gasteiger partial charge in [-0.25, -0.2) is 4.98 Å². The van der Waals surface area contributed by atoms with Crippen molar-refractivity contribution < 1.29 is 4.79 Å². The van der Waals surface area contributed by atoms with Gasteiger partial charge >= 0.3 is 0 Å². The van der Waals surface area contributed by atoms with Crippen LogP contribution < -0.4 is 5.32 Å². The van der Waals surface area contributed by atoms with Gasteiger partial charge in [0.05, 0.1) is 6.20 Å². The minimum Gasteiger partial charge on any atom is -0.336 e. The van der Waals surface area contributed by atoms with E-state index in [0.717, 1.165) is 36.5 Å². The summed E-state index contributed by atoms with van der Waals surface area (Å²) in [5, 5.41) is 10.1. The number of aromatic nitrogens is 3. The summed E-state index contributed by atoms with van der Waals surface area (Å²) in [5.41, 5.74) is 1.49. The van der Waals surface area contributed by atoms with E-state index in [2.05, 4.69) is 15.4 Å². The number of likely N-dealkylation sites (N-methyl/N-ethyl adjacent to an activating group) is 1. The van der Waals surface area contributed by atoms with Crippen LogP contribution in [0.4, 0.5) is 0 Å². The van der Waals surface area contributed by atoms with Crippen LogP contribution in [0.5, 0.6) is 0 Å². The zero-order chi connectivity index (χ0) is 14.8. The molecule has 1 aliphatic heterocycles. The fraction of sp³-hybridized carbons (Fsp3) is 0.500. The van der Waals surface area contributed by atoms with Crippen LogP contribution in [0.1, 0.15) is 23.3 Å². The molecule has 1 atom stereocenters. The number of aryl methyl sites for hydroxylation is 1. The molecule has 3 heterocycles. The molecule has 0 bridgehead atoms. The molecule has 6 nitrogen and oxygen atoms in total. The number of thiazole rings is 1. The number of rotatable bonds is 3. The van der Waals surface area contributed by atoms with Gasteiger partial charge < -0.3 is 10.2 Å². The van der Waals surface area contributed by atoms with Crippen molar-refractivity contribution in [2.24, 2.45) is 7.05 Å². The number of hydrogen-bond donors (Lipinski definition) is 1. The van der Waals surface area contributed by atoms with Crippen LogP contribution in [0.3, 0.4) is 0 Å². The second-order valence-corrected chi connectivity index (χ2v) is 6.18. The Bertz CT molecular complexity index is 635. The normalized spacial score (nSPS) is 19.0. The first-order valence-electron chi connectivity index (χ1n) is 7.08. The lowest BCUT2D eigenvalue weighted by Crippen LogP contribution is -2.47. The molecule has 2 aromatic rings. The molecule has 1 N–H and O–H groups in total. The predicted octanol–water partition coefficient (Wildman–Crippen LogP) is 1.37. The lowest BCUT2D eigenvalue weighted by atomic mass is 10.1. The average molecular weight is 305 g/mol. The summed E-state index contributed by atoms with van der Waals surface area (Å²) in [6, 6.07) is 0.388. The number of nitrogens with zero attached hydrogens (tertiary/aromatic N) is 4. The van der Waals surface area contributed by atoms with E-state index in [0.29, 0.717) is 11.7 Å². The zero-order valence-corrected chi connectivity index (χ0v) is 13.1. The molecule has 1 unspecified atom stereocenters. The van der Waals surface area contributed by atoms with Crippen molar-refractivity contribution in [3.8, 4) is 10.6 Å². The average Bonchev–Trinajstić information content (AvgIpc) is 3.15. The summed E-state index contributed by atoms with van der Waals surface area (Å²) < 4.78 is 1.74. The van der Waals surface area contributed by atoms with Gasteiger partial charge in [-0.05, 0) is 19.9 Å². The number of amides is 1. The van der Waals surface area contributed by atoms with E-state index in [1.54, 1.807) is 10.9 Å². The van der Waals surface area contributed by atoms with Gasteiger partial charge in [-0.1, -0.05) is 0 Å². The molecule has 1 fully saturated rings. The Hall–Kier alpha value is -1.73. The summed E-state index contributed by atoms with van der Waals surface area (Å²) in [5.74, 6) is 0.0290. The molecule has 1 saturated heterocycles. The second-order valence-electron chi connectivity index (χ2n) is 5.32. The van der Waals surface area contributed by atoms with Gasteiger partial charge in [0.1, 0.15) is 10.7 Å². The molecule has 2 aromatic heterocycles. The van der Waals surface area contributed by atoms with E-state index >= 15 is 0 Å². The van der Waals surface area contributed by atoms with Gasteiger partial charge in [0, 0.05) is 43.3 Å². The van der Waals surface area contributed by atoms with Crippen molar-refractivity contribution in [2.75, 3.05) is 20.1 Å². The van der Waals surface area contributed by atoms with Crippen LogP contribution in [-0.2, 0) is 7.05 Å². The van der Waals surface area contributed by atoms with Crippen LogP contribution in [0.25, 0.3) is 10.6 Å². The third kappa shape index (κ3) is 2.98. The van der Waals surface area contributed by atoms with E-state index in [-0.39, 0.29) is 5.91 Å². The fourth-order valence-electron chi connectivity index (χ4n) is 2.60. The topological polar surface area (TPSA) is 63.1 Å². The quantitative estimate of drug-likeness (QED) is 0.930. The maximum atomic E-state index is 12.5. The fourth-order valence-corrected chi connectivity index (χ4v) is 3.36. The molecule has 1 aliphatic rings. The molecule has 0 saturated carbocycles. The number of likely N-dealkylation sites (tertiary alicyclic amines) is 1. The SMILES string of the molecule is CNC1CCCN(C(=O)c2csc(-c3cnn(C)c3)n2)C1. The highest BCUT2D eigenvalue weighted by molar-refractivity contribution is 7.13. The highest BCUT2D eigenvalue weighted by Gasteiger charge is 2.25. The summed E-state index contributed by atoms with van der Waals surface area (Å²) in [4.78, 5) is 18.9. The molecular weight excluding hydrogens is 286 g/mol.